The van der Waals surface area contributed by atoms with Crippen molar-refractivity contribution in [3.8, 4) is 5.75 Å². The maximum atomic E-state index is 12.6. The van der Waals surface area contributed by atoms with Crippen molar-refractivity contribution < 1.29 is 9.53 Å². The highest BCUT2D eigenvalue weighted by Gasteiger charge is 2.13. The molecule has 4 rings (SSSR count). The number of carbonyl (C=O) groups is 1. The number of carbonyl (C=O) groups excluding carboxylic acids is 1. The summed E-state index contributed by atoms with van der Waals surface area (Å²) in [6.45, 7) is 2.24. The van der Waals surface area contributed by atoms with Crippen LogP contribution in [0.1, 0.15) is 16.7 Å². The summed E-state index contributed by atoms with van der Waals surface area (Å²) in [5.41, 5.74) is 4.57. The Balaban J connectivity index is 1.46. The molecule has 1 heterocycles. The minimum atomic E-state index is 0.0173. The van der Waals surface area contributed by atoms with Crippen LogP contribution in [0.3, 0.4) is 0 Å². The van der Waals surface area contributed by atoms with E-state index in [9.17, 15) is 4.79 Å². The SMILES string of the molecule is CN(C)Cc1cn(CC(=O)NCCc2ccccc2)c2ccc(OCc3ccccc3)cc12. The zero-order chi connectivity index (χ0) is 23.0. The highest BCUT2D eigenvalue weighted by molar-refractivity contribution is 5.87. The lowest BCUT2D eigenvalue weighted by molar-refractivity contribution is -0.121. The first-order valence-electron chi connectivity index (χ1n) is 11.3. The van der Waals surface area contributed by atoms with E-state index in [2.05, 4.69) is 60.8 Å². The number of fused-ring (bicyclic) bond motifs is 1. The number of nitrogens with zero attached hydrogens (tertiary/aromatic N) is 2. The van der Waals surface area contributed by atoms with Crippen LogP contribution in [0.25, 0.3) is 10.9 Å². The van der Waals surface area contributed by atoms with Crippen LogP contribution in [0.2, 0.25) is 0 Å². The molecule has 0 atom stereocenters. The number of benzene rings is 3. The average molecular weight is 442 g/mol. The Bertz CT molecular complexity index is 1180. The summed E-state index contributed by atoms with van der Waals surface area (Å²) in [4.78, 5) is 14.8. The van der Waals surface area contributed by atoms with Crippen LogP contribution in [0.4, 0.5) is 0 Å². The Morgan fingerprint density at radius 1 is 0.939 bits per heavy atom. The fourth-order valence-corrected chi connectivity index (χ4v) is 3.98. The molecule has 0 saturated carbocycles. The van der Waals surface area contributed by atoms with E-state index < -0.39 is 0 Å². The molecule has 0 aliphatic heterocycles. The molecule has 170 valence electrons. The average Bonchev–Trinajstić information content (AvgIpc) is 3.14. The molecule has 0 fully saturated rings. The van der Waals surface area contributed by atoms with Crippen LogP contribution in [0.15, 0.2) is 85.1 Å². The Morgan fingerprint density at radius 2 is 1.64 bits per heavy atom. The van der Waals surface area contributed by atoms with Gasteiger partial charge in [0.05, 0.1) is 0 Å². The molecule has 1 N–H and O–H groups in total. The minimum absolute atomic E-state index is 0.0173. The van der Waals surface area contributed by atoms with Gasteiger partial charge in [0.2, 0.25) is 5.91 Å². The van der Waals surface area contributed by atoms with Crippen LogP contribution >= 0.6 is 0 Å². The van der Waals surface area contributed by atoms with Gasteiger partial charge in [-0.2, -0.15) is 0 Å². The second-order valence-corrected chi connectivity index (χ2v) is 8.56. The van der Waals surface area contributed by atoms with Gasteiger partial charge in [0, 0.05) is 30.2 Å². The van der Waals surface area contributed by atoms with Gasteiger partial charge < -0.3 is 19.5 Å². The van der Waals surface area contributed by atoms with Crippen LogP contribution in [0, 0.1) is 0 Å². The zero-order valence-electron chi connectivity index (χ0n) is 19.3. The first-order chi connectivity index (χ1) is 16.1. The van der Waals surface area contributed by atoms with E-state index in [0.29, 0.717) is 19.7 Å². The molecule has 5 heteroatoms. The van der Waals surface area contributed by atoms with Crippen molar-refractivity contribution >= 4 is 16.8 Å². The summed E-state index contributed by atoms with van der Waals surface area (Å²) in [6, 6.07) is 26.5. The first kappa shape index (κ1) is 22.6. The van der Waals surface area contributed by atoms with Gasteiger partial charge in [0.25, 0.3) is 0 Å². The smallest absolute Gasteiger partial charge is 0.239 e. The molecule has 0 radical (unpaired) electrons. The highest BCUT2D eigenvalue weighted by Crippen LogP contribution is 2.27. The summed E-state index contributed by atoms with van der Waals surface area (Å²) >= 11 is 0. The van der Waals surface area contributed by atoms with Gasteiger partial charge in [-0.3, -0.25) is 4.79 Å². The van der Waals surface area contributed by atoms with Crippen molar-refractivity contribution in [3.05, 3.63) is 102 Å². The number of hydrogen-bond acceptors (Lipinski definition) is 3. The molecule has 1 amide bonds. The Hall–Kier alpha value is -3.57. The molecule has 3 aromatic carbocycles. The number of amides is 1. The number of rotatable bonds is 10. The molecule has 0 aliphatic rings. The zero-order valence-corrected chi connectivity index (χ0v) is 19.3. The summed E-state index contributed by atoms with van der Waals surface area (Å²) < 4.78 is 8.08. The van der Waals surface area contributed by atoms with Crippen molar-refractivity contribution in [3.63, 3.8) is 0 Å². The molecule has 0 unspecified atom stereocenters. The van der Waals surface area contributed by atoms with E-state index >= 15 is 0 Å². The summed E-state index contributed by atoms with van der Waals surface area (Å²) in [5.74, 6) is 0.847. The third kappa shape index (κ3) is 6.24. The number of ether oxygens (including phenoxy) is 1. The fourth-order valence-electron chi connectivity index (χ4n) is 3.98. The quantitative estimate of drug-likeness (QED) is 0.390. The minimum Gasteiger partial charge on any atom is -0.489 e. The molecule has 5 nitrogen and oxygen atoms in total. The van der Waals surface area contributed by atoms with Crippen molar-refractivity contribution in [2.75, 3.05) is 20.6 Å². The maximum Gasteiger partial charge on any atom is 0.239 e. The van der Waals surface area contributed by atoms with E-state index in [-0.39, 0.29) is 5.91 Å². The van der Waals surface area contributed by atoms with Crippen LogP contribution in [0.5, 0.6) is 5.75 Å². The molecule has 0 bridgehead atoms. The normalized spacial score (nSPS) is 11.1. The molecule has 1 aromatic heterocycles. The van der Waals surface area contributed by atoms with E-state index in [1.807, 2.05) is 53.1 Å². The monoisotopic (exact) mass is 441 g/mol. The maximum absolute atomic E-state index is 12.6. The Labute approximate surface area is 195 Å². The highest BCUT2D eigenvalue weighted by atomic mass is 16.5. The third-order valence-corrected chi connectivity index (χ3v) is 5.56. The van der Waals surface area contributed by atoms with Crippen molar-refractivity contribution in [2.45, 2.75) is 26.1 Å². The molecule has 0 aliphatic carbocycles. The van der Waals surface area contributed by atoms with E-state index in [0.717, 1.165) is 35.2 Å². The lowest BCUT2D eigenvalue weighted by Crippen LogP contribution is -2.29. The molecular weight excluding hydrogens is 410 g/mol. The van der Waals surface area contributed by atoms with Crippen molar-refractivity contribution in [1.29, 1.82) is 0 Å². The summed E-state index contributed by atoms with van der Waals surface area (Å²) in [7, 11) is 4.10. The number of aromatic nitrogens is 1. The van der Waals surface area contributed by atoms with Gasteiger partial charge >= 0.3 is 0 Å². The second-order valence-electron chi connectivity index (χ2n) is 8.56. The third-order valence-electron chi connectivity index (χ3n) is 5.56. The van der Waals surface area contributed by atoms with Crippen LogP contribution in [-0.2, 0) is 30.9 Å². The molecule has 4 aromatic rings. The molecular formula is C28H31N3O2. The standard InChI is InChI=1S/C28H31N3O2/c1-30(2)18-24-19-31(20-28(32)29-16-15-22-9-5-3-6-10-22)27-14-13-25(17-26(24)27)33-21-23-11-7-4-8-12-23/h3-14,17,19H,15-16,18,20-21H2,1-2H3,(H,29,32). The second kappa shape index (κ2) is 10.8. The Morgan fingerprint density at radius 3 is 2.33 bits per heavy atom. The van der Waals surface area contributed by atoms with Crippen LogP contribution in [-0.4, -0.2) is 36.0 Å². The van der Waals surface area contributed by atoms with Gasteiger partial charge in [-0.05, 0) is 55.4 Å². The number of hydrogen-bond donors (Lipinski definition) is 1. The lowest BCUT2D eigenvalue weighted by atomic mass is 10.1. The van der Waals surface area contributed by atoms with Crippen molar-refractivity contribution in [1.82, 2.24) is 14.8 Å². The first-order valence-corrected chi connectivity index (χ1v) is 11.3. The topological polar surface area (TPSA) is 46.5 Å². The van der Waals surface area contributed by atoms with Gasteiger partial charge in [0.1, 0.15) is 18.9 Å². The predicted octanol–water partition coefficient (Wildman–Crippen LogP) is 4.64. The fraction of sp³-hybridized carbons (Fsp3) is 0.250. The number of nitrogens with one attached hydrogen (secondary N) is 1. The summed E-state index contributed by atoms with van der Waals surface area (Å²) in [6.07, 6.45) is 2.91. The van der Waals surface area contributed by atoms with Gasteiger partial charge in [-0.25, -0.2) is 0 Å². The summed E-state index contributed by atoms with van der Waals surface area (Å²) in [5, 5.41) is 4.17. The van der Waals surface area contributed by atoms with E-state index in [4.69, 9.17) is 4.74 Å². The predicted molar refractivity (Wildman–Crippen MR) is 133 cm³/mol. The lowest BCUT2D eigenvalue weighted by Gasteiger charge is -2.10. The van der Waals surface area contributed by atoms with Gasteiger partial charge in [0.15, 0.2) is 0 Å². The van der Waals surface area contributed by atoms with Gasteiger partial charge in [-0.15, -0.1) is 0 Å². The molecule has 33 heavy (non-hydrogen) atoms. The van der Waals surface area contributed by atoms with E-state index in [1.165, 1.54) is 11.1 Å². The molecule has 0 saturated heterocycles. The Kier molecular flexibility index (Phi) is 7.43. The largest absolute Gasteiger partial charge is 0.489 e. The van der Waals surface area contributed by atoms with Crippen molar-refractivity contribution in [2.24, 2.45) is 0 Å². The molecule has 0 spiro atoms. The van der Waals surface area contributed by atoms with Gasteiger partial charge in [-0.1, -0.05) is 60.7 Å². The van der Waals surface area contributed by atoms with Crippen LogP contribution < -0.4 is 10.1 Å². The van der Waals surface area contributed by atoms with E-state index in [1.54, 1.807) is 0 Å².